The van der Waals surface area contributed by atoms with Crippen molar-refractivity contribution in [1.82, 2.24) is 30.0 Å². The summed E-state index contributed by atoms with van der Waals surface area (Å²) in [5.41, 5.74) is 1.58. The molecule has 0 radical (unpaired) electrons. The number of para-hydroxylation sites is 2. The molecule has 0 saturated carbocycles. The van der Waals surface area contributed by atoms with E-state index in [1.54, 1.807) is 21.6 Å². The van der Waals surface area contributed by atoms with E-state index >= 15 is 0 Å². The van der Waals surface area contributed by atoms with E-state index < -0.39 is 12.1 Å². The van der Waals surface area contributed by atoms with Crippen LogP contribution in [0, 0.1) is 0 Å². The molecule has 4 fully saturated rings. The molecule has 2 unspecified atom stereocenters. The number of benzene rings is 1. The Morgan fingerprint density at radius 2 is 1.79 bits per heavy atom. The molecule has 11 heteroatoms. The molecule has 1 aromatic heterocycles. The van der Waals surface area contributed by atoms with Crippen LogP contribution in [0.5, 0.6) is 0 Å². The van der Waals surface area contributed by atoms with Gasteiger partial charge in [0, 0.05) is 37.3 Å². The minimum absolute atomic E-state index is 0.0361. The standard InChI is InChI=1S/C23H26N6O4S/c30-19-8-7-17(24-19)21(31)28-12-34-11-18(28)22(32)29-13-5-6-14(29)10-27(9-13)23(33)20-25-15-3-1-2-4-16(15)26-20/h1-4,13-14,17-18H,5-12H2,(H,24,30)(H,25,26)/t13?,14?,17-,18-/m0/s1. The highest BCUT2D eigenvalue weighted by Crippen LogP contribution is 2.34. The van der Waals surface area contributed by atoms with Crippen molar-refractivity contribution in [2.45, 2.75) is 49.9 Å². The maximum atomic E-state index is 13.6. The number of carbonyl (C=O) groups excluding carboxylic acids is 4. The number of imidazole rings is 1. The second-order valence-corrected chi connectivity index (χ2v) is 10.4. The number of thioether (sulfide) groups is 1. The second kappa shape index (κ2) is 8.30. The van der Waals surface area contributed by atoms with Gasteiger partial charge in [-0.3, -0.25) is 19.2 Å². The number of likely N-dealkylation sites (tertiary alicyclic amines) is 1. The van der Waals surface area contributed by atoms with Crippen LogP contribution in [0.15, 0.2) is 24.3 Å². The quantitative estimate of drug-likeness (QED) is 0.660. The summed E-state index contributed by atoms with van der Waals surface area (Å²) in [6.45, 7) is 0.926. The first-order valence-corrected chi connectivity index (χ1v) is 12.9. The van der Waals surface area contributed by atoms with Gasteiger partial charge in [-0.25, -0.2) is 4.98 Å². The van der Waals surface area contributed by atoms with Gasteiger partial charge < -0.3 is 25.0 Å². The first-order chi connectivity index (χ1) is 16.5. The van der Waals surface area contributed by atoms with Crippen molar-refractivity contribution in [1.29, 1.82) is 0 Å². The molecular formula is C23H26N6O4S. The molecule has 2 bridgehead atoms. The Bertz CT molecular complexity index is 1140. The Morgan fingerprint density at radius 3 is 2.50 bits per heavy atom. The largest absolute Gasteiger partial charge is 0.344 e. The van der Waals surface area contributed by atoms with E-state index in [1.165, 1.54) is 0 Å². The van der Waals surface area contributed by atoms with Gasteiger partial charge in [0.05, 0.1) is 16.9 Å². The monoisotopic (exact) mass is 482 g/mol. The van der Waals surface area contributed by atoms with Crippen LogP contribution in [0.3, 0.4) is 0 Å². The summed E-state index contributed by atoms with van der Waals surface area (Å²) in [5.74, 6) is 0.875. The van der Waals surface area contributed by atoms with Crippen LogP contribution in [-0.2, 0) is 14.4 Å². The first-order valence-electron chi connectivity index (χ1n) is 11.7. The molecule has 178 valence electrons. The molecule has 0 spiro atoms. The lowest BCUT2D eigenvalue weighted by molar-refractivity contribution is -0.147. The van der Waals surface area contributed by atoms with Crippen LogP contribution < -0.4 is 5.32 Å². The van der Waals surface area contributed by atoms with Gasteiger partial charge in [-0.15, -0.1) is 11.8 Å². The van der Waals surface area contributed by atoms with Crippen LogP contribution in [-0.4, -0.2) is 97.2 Å². The number of H-pyrrole nitrogens is 1. The summed E-state index contributed by atoms with van der Waals surface area (Å²) >= 11 is 1.57. The van der Waals surface area contributed by atoms with Gasteiger partial charge >= 0.3 is 0 Å². The van der Waals surface area contributed by atoms with Crippen molar-refractivity contribution in [2.75, 3.05) is 24.7 Å². The van der Waals surface area contributed by atoms with Crippen molar-refractivity contribution in [3.05, 3.63) is 30.1 Å². The fourth-order valence-corrected chi connectivity index (χ4v) is 6.82. The molecule has 2 N–H and O–H groups in total. The molecule has 5 heterocycles. The van der Waals surface area contributed by atoms with E-state index in [9.17, 15) is 19.2 Å². The number of nitrogens with zero attached hydrogens (tertiary/aromatic N) is 4. The summed E-state index contributed by atoms with van der Waals surface area (Å²) in [5, 5.41) is 2.73. The van der Waals surface area contributed by atoms with E-state index in [0.29, 0.717) is 43.4 Å². The normalized spacial score (nSPS) is 28.6. The Balaban J connectivity index is 1.16. The van der Waals surface area contributed by atoms with E-state index in [1.807, 2.05) is 29.2 Å². The summed E-state index contributed by atoms with van der Waals surface area (Å²) in [4.78, 5) is 64.3. The Hall–Kier alpha value is -3.08. The van der Waals surface area contributed by atoms with Crippen molar-refractivity contribution in [3.63, 3.8) is 0 Å². The Morgan fingerprint density at radius 1 is 1.03 bits per heavy atom. The SMILES string of the molecule is O=C1CC[C@@H](C(=O)N2CSC[C@H]2C(=O)N2C3CCC2CN(C(=O)c2nc4ccccc4[nH]2)C3)N1. The number of hydrogen-bond acceptors (Lipinski definition) is 6. The molecule has 4 aliphatic heterocycles. The van der Waals surface area contributed by atoms with E-state index in [4.69, 9.17) is 0 Å². The lowest BCUT2D eigenvalue weighted by Crippen LogP contribution is -2.61. The number of hydrogen-bond donors (Lipinski definition) is 2. The van der Waals surface area contributed by atoms with Gasteiger partial charge in [0.25, 0.3) is 5.91 Å². The predicted molar refractivity (Wildman–Crippen MR) is 125 cm³/mol. The number of nitrogens with one attached hydrogen (secondary N) is 2. The number of rotatable bonds is 3. The zero-order valence-corrected chi connectivity index (χ0v) is 19.4. The maximum absolute atomic E-state index is 13.6. The van der Waals surface area contributed by atoms with Gasteiger partial charge in [0.1, 0.15) is 12.1 Å². The number of fused-ring (bicyclic) bond motifs is 3. The smallest absolute Gasteiger partial charge is 0.289 e. The highest BCUT2D eigenvalue weighted by atomic mass is 32.2. The minimum Gasteiger partial charge on any atom is -0.344 e. The third-order valence-corrected chi connectivity index (χ3v) is 8.37. The van der Waals surface area contributed by atoms with Crippen LogP contribution in [0.25, 0.3) is 11.0 Å². The molecular weight excluding hydrogens is 456 g/mol. The van der Waals surface area contributed by atoms with Crippen molar-refractivity contribution in [3.8, 4) is 0 Å². The third-order valence-electron chi connectivity index (χ3n) is 7.36. The first kappa shape index (κ1) is 21.5. The number of aromatic amines is 1. The molecule has 34 heavy (non-hydrogen) atoms. The van der Waals surface area contributed by atoms with E-state index in [0.717, 1.165) is 23.9 Å². The molecule has 2 aromatic rings. The van der Waals surface area contributed by atoms with Crippen LogP contribution in [0.1, 0.15) is 36.3 Å². The fourth-order valence-electron chi connectivity index (χ4n) is 5.67. The molecule has 6 rings (SSSR count). The molecule has 0 aliphatic carbocycles. The number of amides is 4. The topological polar surface area (TPSA) is 119 Å². The van der Waals surface area contributed by atoms with Crippen LogP contribution in [0.2, 0.25) is 0 Å². The van der Waals surface area contributed by atoms with E-state index in [-0.39, 0.29) is 35.7 Å². The zero-order chi connectivity index (χ0) is 23.4. The van der Waals surface area contributed by atoms with Crippen molar-refractivity contribution in [2.24, 2.45) is 0 Å². The lowest BCUT2D eigenvalue weighted by atomic mass is 10.1. The fraction of sp³-hybridized carbons (Fsp3) is 0.522. The van der Waals surface area contributed by atoms with E-state index in [2.05, 4.69) is 15.3 Å². The van der Waals surface area contributed by atoms with Crippen molar-refractivity contribution < 1.29 is 19.2 Å². The maximum Gasteiger partial charge on any atom is 0.289 e. The summed E-state index contributed by atoms with van der Waals surface area (Å²) < 4.78 is 0. The number of aromatic nitrogens is 2. The minimum atomic E-state index is -0.531. The van der Waals surface area contributed by atoms with Crippen LogP contribution in [0.4, 0.5) is 0 Å². The van der Waals surface area contributed by atoms with Gasteiger partial charge in [-0.05, 0) is 31.4 Å². The van der Waals surface area contributed by atoms with Gasteiger partial charge in [0.15, 0.2) is 5.82 Å². The third kappa shape index (κ3) is 3.53. The second-order valence-electron chi connectivity index (χ2n) is 9.43. The lowest BCUT2D eigenvalue weighted by Gasteiger charge is -2.42. The predicted octanol–water partition coefficient (Wildman–Crippen LogP) is 0.558. The van der Waals surface area contributed by atoms with Gasteiger partial charge in [0.2, 0.25) is 17.7 Å². The highest BCUT2D eigenvalue weighted by Gasteiger charge is 2.49. The van der Waals surface area contributed by atoms with Crippen LogP contribution >= 0.6 is 11.8 Å². The zero-order valence-electron chi connectivity index (χ0n) is 18.6. The summed E-state index contributed by atoms with van der Waals surface area (Å²) in [7, 11) is 0. The molecule has 1 aromatic carbocycles. The molecule has 4 saturated heterocycles. The highest BCUT2D eigenvalue weighted by molar-refractivity contribution is 7.99. The van der Waals surface area contributed by atoms with Crippen molar-refractivity contribution >= 4 is 46.4 Å². The molecule has 10 nitrogen and oxygen atoms in total. The molecule has 4 atom stereocenters. The molecule has 4 aliphatic rings. The average molecular weight is 483 g/mol. The molecule has 4 amide bonds. The number of piperazine rings is 1. The Labute approximate surface area is 200 Å². The average Bonchev–Trinajstić information content (AvgIpc) is 3.63. The van der Waals surface area contributed by atoms with Gasteiger partial charge in [-0.1, -0.05) is 12.1 Å². The summed E-state index contributed by atoms with van der Waals surface area (Å²) in [6.07, 6.45) is 2.51. The number of carbonyl (C=O) groups is 4. The summed E-state index contributed by atoms with van der Waals surface area (Å²) in [6, 6.07) is 6.37. The Kier molecular flexibility index (Phi) is 5.23. The van der Waals surface area contributed by atoms with Gasteiger partial charge in [-0.2, -0.15) is 0 Å².